The lowest BCUT2D eigenvalue weighted by Crippen LogP contribution is -2.05. The lowest BCUT2D eigenvalue weighted by molar-refractivity contribution is 0.210. The zero-order chi connectivity index (χ0) is 10.1. The minimum Gasteiger partial charge on any atom is -0.382 e. The van der Waals surface area contributed by atoms with Crippen LogP contribution in [0, 0.1) is 2.88 Å². The van der Waals surface area contributed by atoms with Gasteiger partial charge < -0.3 is 5.11 Å². The van der Waals surface area contributed by atoms with Crippen LogP contribution in [0.15, 0.2) is 23.7 Å². The third-order valence-corrected chi connectivity index (χ3v) is 3.85. The number of nitrogens with zero attached hydrogens (tertiary/aromatic N) is 2. The fraction of sp³-hybridized carbons (Fsp3) is 0.222. The SMILES string of the molecule is Cn1nccc1C(O)c1csc(I)c1. The largest absolute Gasteiger partial charge is 0.382 e. The van der Waals surface area contributed by atoms with Gasteiger partial charge in [-0.2, -0.15) is 5.10 Å². The second-order valence-electron chi connectivity index (χ2n) is 2.97. The molecule has 0 aliphatic heterocycles. The van der Waals surface area contributed by atoms with Gasteiger partial charge in [0.15, 0.2) is 0 Å². The smallest absolute Gasteiger partial charge is 0.121 e. The highest BCUT2D eigenvalue weighted by atomic mass is 127. The Kier molecular flexibility index (Phi) is 2.89. The van der Waals surface area contributed by atoms with Crippen LogP contribution in [0.25, 0.3) is 0 Å². The third-order valence-electron chi connectivity index (χ3n) is 2.04. The predicted molar refractivity (Wildman–Crippen MR) is 64.3 cm³/mol. The molecule has 0 saturated heterocycles. The van der Waals surface area contributed by atoms with Crippen LogP contribution < -0.4 is 0 Å². The first-order valence-corrected chi connectivity index (χ1v) is 6.04. The zero-order valence-corrected chi connectivity index (χ0v) is 10.5. The monoisotopic (exact) mass is 320 g/mol. The molecule has 0 aliphatic carbocycles. The minimum absolute atomic E-state index is 0.567. The van der Waals surface area contributed by atoms with Crippen LogP contribution in [0.4, 0.5) is 0 Å². The van der Waals surface area contributed by atoms with E-state index in [0.29, 0.717) is 0 Å². The number of hydrogen-bond acceptors (Lipinski definition) is 3. The molecule has 0 saturated carbocycles. The van der Waals surface area contributed by atoms with Crippen LogP contribution >= 0.6 is 33.9 Å². The minimum atomic E-state index is -0.567. The summed E-state index contributed by atoms with van der Waals surface area (Å²) < 4.78 is 2.87. The van der Waals surface area contributed by atoms with Crippen molar-refractivity contribution in [3.05, 3.63) is 37.9 Å². The molecule has 1 unspecified atom stereocenters. The highest BCUT2D eigenvalue weighted by Gasteiger charge is 2.14. The summed E-state index contributed by atoms with van der Waals surface area (Å²) in [5, 5.41) is 16.0. The molecule has 0 bridgehead atoms. The Morgan fingerprint density at radius 2 is 2.43 bits per heavy atom. The first kappa shape index (κ1) is 10.1. The van der Waals surface area contributed by atoms with E-state index in [-0.39, 0.29) is 0 Å². The maximum Gasteiger partial charge on any atom is 0.121 e. The number of hydrogen-bond donors (Lipinski definition) is 1. The van der Waals surface area contributed by atoms with Gasteiger partial charge in [-0.15, -0.1) is 11.3 Å². The summed E-state index contributed by atoms with van der Waals surface area (Å²) >= 11 is 3.88. The summed E-state index contributed by atoms with van der Waals surface area (Å²) in [6.45, 7) is 0. The van der Waals surface area contributed by atoms with Gasteiger partial charge >= 0.3 is 0 Å². The van der Waals surface area contributed by atoms with Crippen molar-refractivity contribution in [3.8, 4) is 0 Å². The van der Waals surface area contributed by atoms with Crippen LogP contribution in [0.1, 0.15) is 17.4 Å². The van der Waals surface area contributed by atoms with Gasteiger partial charge in [0, 0.05) is 13.2 Å². The zero-order valence-electron chi connectivity index (χ0n) is 7.51. The highest BCUT2D eigenvalue weighted by molar-refractivity contribution is 14.1. The topological polar surface area (TPSA) is 38.0 Å². The van der Waals surface area contributed by atoms with Gasteiger partial charge in [0.2, 0.25) is 0 Å². The van der Waals surface area contributed by atoms with Crippen LogP contribution in [-0.4, -0.2) is 14.9 Å². The summed E-state index contributed by atoms with van der Waals surface area (Å²) in [5.74, 6) is 0. The average Bonchev–Trinajstić information content (AvgIpc) is 2.73. The molecule has 0 amide bonds. The van der Waals surface area contributed by atoms with Gasteiger partial charge in [-0.1, -0.05) is 0 Å². The van der Waals surface area contributed by atoms with E-state index >= 15 is 0 Å². The van der Waals surface area contributed by atoms with Gasteiger partial charge in [-0.25, -0.2) is 0 Å². The van der Waals surface area contributed by atoms with E-state index in [0.717, 1.165) is 11.3 Å². The number of halogens is 1. The van der Waals surface area contributed by atoms with Crippen LogP contribution in [0.3, 0.4) is 0 Å². The molecule has 1 N–H and O–H groups in total. The summed E-state index contributed by atoms with van der Waals surface area (Å²) in [6.07, 6.45) is 1.12. The molecule has 0 aliphatic rings. The Morgan fingerprint density at radius 3 is 2.93 bits per heavy atom. The fourth-order valence-electron chi connectivity index (χ4n) is 1.29. The average molecular weight is 320 g/mol. The second-order valence-corrected chi connectivity index (χ2v) is 5.77. The van der Waals surface area contributed by atoms with E-state index in [4.69, 9.17) is 0 Å². The summed E-state index contributed by atoms with van der Waals surface area (Å²) in [5.41, 5.74) is 1.75. The Hall–Kier alpha value is -0.400. The standard InChI is InChI=1S/C9H9IN2OS/c1-12-7(2-3-11-12)9(13)6-4-8(10)14-5-6/h2-5,9,13H,1H3. The number of rotatable bonds is 2. The molecule has 5 heteroatoms. The lowest BCUT2D eigenvalue weighted by atomic mass is 10.1. The van der Waals surface area contributed by atoms with Crippen molar-refractivity contribution in [2.45, 2.75) is 6.10 Å². The number of aliphatic hydroxyl groups is 1. The molecular formula is C9H9IN2OS. The molecule has 1 atom stereocenters. The van der Waals surface area contributed by atoms with E-state index in [1.54, 1.807) is 22.2 Å². The maximum atomic E-state index is 10.0. The van der Waals surface area contributed by atoms with E-state index in [1.807, 2.05) is 24.6 Å². The first-order chi connectivity index (χ1) is 6.68. The second kappa shape index (κ2) is 4.00. The van der Waals surface area contributed by atoms with Crippen LogP contribution in [-0.2, 0) is 7.05 Å². The van der Waals surface area contributed by atoms with Crippen molar-refractivity contribution in [1.29, 1.82) is 0 Å². The number of aromatic nitrogens is 2. The quantitative estimate of drug-likeness (QED) is 0.861. The number of aliphatic hydroxyl groups excluding tert-OH is 1. The predicted octanol–water partition coefficient (Wildman–Crippen LogP) is 2.17. The fourth-order valence-corrected chi connectivity index (χ4v) is 2.68. The molecule has 3 nitrogen and oxygen atoms in total. The summed E-state index contributed by atoms with van der Waals surface area (Å²) in [4.78, 5) is 0. The Balaban J connectivity index is 2.33. The Bertz CT molecular complexity index is 437. The molecular weight excluding hydrogens is 311 g/mol. The molecule has 2 aromatic heterocycles. The third kappa shape index (κ3) is 1.84. The van der Waals surface area contributed by atoms with Gasteiger partial charge in [-0.05, 0) is 45.7 Å². The van der Waals surface area contributed by atoms with Gasteiger partial charge in [-0.3, -0.25) is 4.68 Å². The van der Waals surface area contributed by atoms with E-state index < -0.39 is 6.10 Å². The van der Waals surface area contributed by atoms with Crippen molar-refractivity contribution >= 4 is 33.9 Å². The van der Waals surface area contributed by atoms with Crippen LogP contribution in [0.2, 0.25) is 0 Å². The molecule has 74 valence electrons. The van der Waals surface area contributed by atoms with Crippen molar-refractivity contribution < 1.29 is 5.11 Å². The summed E-state index contributed by atoms with van der Waals surface area (Å²) in [7, 11) is 1.83. The summed E-state index contributed by atoms with van der Waals surface area (Å²) in [6, 6.07) is 3.82. The molecule has 0 spiro atoms. The Morgan fingerprint density at radius 1 is 1.64 bits per heavy atom. The molecule has 0 fully saturated rings. The van der Waals surface area contributed by atoms with Gasteiger partial charge in [0.25, 0.3) is 0 Å². The van der Waals surface area contributed by atoms with Crippen molar-refractivity contribution in [3.63, 3.8) is 0 Å². The molecule has 2 rings (SSSR count). The molecule has 2 heterocycles. The Labute approximate surface area is 99.5 Å². The van der Waals surface area contributed by atoms with Gasteiger partial charge in [0.05, 0.1) is 8.58 Å². The molecule has 0 aromatic carbocycles. The van der Waals surface area contributed by atoms with Crippen molar-refractivity contribution in [2.24, 2.45) is 7.05 Å². The number of thiophene rings is 1. The lowest BCUT2D eigenvalue weighted by Gasteiger charge is -2.08. The van der Waals surface area contributed by atoms with Crippen molar-refractivity contribution in [2.75, 3.05) is 0 Å². The van der Waals surface area contributed by atoms with E-state index in [2.05, 4.69) is 27.7 Å². The van der Waals surface area contributed by atoms with Crippen molar-refractivity contribution in [1.82, 2.24) is 9.78 Å². The normalized spacial score (nSPS) is 13.1. The highest BCUT2D eigenvalue weighted by Crippen LogP contribution is 2.26. The van der Waals surface area contributed by atoms with Gasteiger partial charge in [0.1, 0.15) is 6.10 Å². The van der Waals surface area contributed by atoms with E-state index in [1.165, 1.54) is 2.88 Å². The maximum absolute atomic E-state index is 10.0. The molecule has 0 radical (unpaired) electrons. The van der Waals surface area contributed by atoms with Crippen LogP contribution in [0.5, 0.6) is 0 Å². The number of aryl methyl sites for hydroxylation is 1. The molecule has 2 aromatic rings. The first-order valence-electron chi connectivity index (χ1n) is 4.08. The molecule has 14 heavy (non-hydrogen) atoms. The van der Waals surface area contributed by atoms with E-state index in [9.17, 15) is 5.11 Å².